The van der Waals surface area contributed by atoms with Crippen molar-refractivity contribution in [2.24, 2.45) is 0 Å². The SMILES string of the molecule is CC(C=CC(=O)O)(S(=O)(=O)O)S(=O)(=O)O. The highest BCUT2D eigenvalue weighted by Crippen LogP contribution is 2.24. The van der Waals surface area contributed by atoms with E-state index in [0.29, 0.717) is 6.92 Å². The van der Waals surface area contributed by atoms with Gasteiger partial charge in [0, 0.05) is 6.08 Å². The highest BCUT2D eigenvalue weighted by atomic mass is 32.3. The third-order valence-electron chi connectivity index (χ3n) is 1.55. The van der Waals surface area contributed by atoms with Crippen molar-refractivity contribution in [3.63, 3.8) is 0 Å². The maximum absolute atomic E-state index is 10.7. The normalized spacial score (nSPS) is 14.3. The molecule has 0 saturated carbocycles. The highest BCUT2D eigenvalue weighted by Gasteiger charge is 2.48. The van der Waals surface area contributed by atoms with Crippen LogP contribution in [-0.2, 0) is 25.0 Å². The van der Waals surface area contributed by atoms with Gasteiger partial charge in [0.05, 0.1) is 0 Å². The Balaban J connectivity index is 5.78. The van der Waals surface area contributed by atoms with Crippen molar-refractivity contribution in [2.75, 3.05) is 0 Å². The summed E-state index contributed by atoms with van der Waals surface area (Å²) in [4.78, 5) is 10.1. The largest absolute Gasteiger partial charge is 0.478 e. The van der Waals surface area contributed by atoms with Crippen molar-refractivity contribution in [2.45, 2.75) is 11.0 Å². The lowest BCUT2D eigenvalue weighted by molar-refractivity contribution is -0.131. The number of aliphatic carboxylic acids is 1. The van der Waals surface area contributed by atoms with Crippen LogP contribution in [0.15, 0.2) is 12.2 Å². The van der Waals surface area contributed by atoms with Gasteiger partial charge in [0.2, 0.25) is 4.08 Å². The van der Waals surface area contributed by atoms with Gasteiger partial charge >= 0.3 is 5.97 Å². The summed E-state index contributed by atoms with van der Waals surface area (Å²) in [5, 5.41) is 8.17. The fourth-order valence-electron chi connectivity index (χ4n) is 0.528. The van der Waals surface area contributed by atoms with E-state index >= 15 is 0 Å². The summed E-state index contributed by atoms with van der Waals surface area (Å²) in [7, 11) is -10.4. The zero-order valence-electron chi connectivity index (χ0n) is 7.35. The van der Waals surface area contributed by atoms with Crippen LogP contribution in [0.4, 0.5) is 0 Å². The second-order valence-electron chi connectivity index (χ2n) is 2.64. The molecule has 0 heterocycles. The summed E-state index contributed by atoms with van der Waals surface area (Å²) in [6.07, 6.45) is 0.335. The number of hydrogen-bond acceptors (Lipinski definition) is 5. The van der Waals surface area contributed by atoms with E-state index in [2.05, 4.69) is 0 Å². The van der Waals surface area contributed by atoms with Gasteiger partial charge in [0.15, 0.2) is 0 Å². The Bertz CT molecular complexity index is 449. The van der Waals surface area contributed by atoms with Gasteiger partial charge in [-0.3, -0.25) is 9.11 Å². The molecule has 88 valence electrons. The molecule has 10 heteroatoms. The lowest BCUT2D eigenvalue weighted by Crippen LogP contribution is -2.41. The van der Waals surface area contributed by atoms with Crippen LogP contribution in [0.1, 0.15) is 6.92 Å². The number of carbonyl (C=O) groups is 1. The van der Waals surface area contributed by atoms with Crippen molar-refractivity contribution in [1.82, 2.24) is 0 Å². The second kappa shape index (κ2) is 3.89. The zero-order chi connectivity index (χ0) is 12.5. The molecule has 0 aliphatic carbocycles. The van der Waals surface area contributed by atoms with Gasteiger partial charge in [0.1, 0.15) is 0 Å². The van der Waals surface area contributed by atoms with Crippen LogP contribution in [0.25, 0.3) is 0 Å². The molecular formula is C5H8O8S2. The van der Waals surface area contributed by atoms with Crippen LogP contribution >= 0.6 is 0 Å². The quantitative estimate of drug-likeness (QED) is 0.436. The molecule has 0 aliphatic rings. The number of carboxylic acid groups (broad SMARTS) is 1. The van der Waals surface area contributed by atoms with Gasteiger partial charge in [-0.05, 0) is 13.0 Å². The topological polar surface area (TPSA) is 146 Å². The minimum Gasteiger partial charge on any atom is -0.478 e. The van der Waals surface area contributed by atoms with Crippen LogP contribution in [0, 0.1) is 0 Å². The van der Waals surface area contributed by atoms with Gasteiger partial charge in [-0.25, -0.2) is 4.79 Å². The minimum absolute atomic E-state index is 0.153. The molecular weight excluding hydrogens is 252 g/mol. The Morgan fingerprint density at radius 1 is 1.13 bits per heavy atom. The predicted octanol–water partition coefficient (Wildman–Crippen LogP) is -0.881. The predicted molar refractivity (Wildman–Crippen MR) is 48.3 cm³/mol. The Kier molecular flexibility index (Phi) is 3.63. The van der Waals surface area contributed by atoms with Crippen LogP contribution in [0.5, 0.6) is 0 Å². The lowest BCUT2D eigenvalue weighted by Gasteiger charge is -2.17. The van der Waals surface area contributed by atoms with E-state index in [1.165, 1.54) is 0 Å². The van der Waals surface area contributed by atoms with Gasteiger partial charge in [-0.2, -0.15) is 16.8 Å². The van der Waals surface area contributed by atoms with Crippen molar-refractivity contribution >= 4 is 26.2 Å². The maximum atomic E-state index is 10.7. The van der Waals surface area contributed by atoms with Gasteiger partial charge in [-0.15, -0.1) is 0 Å². The summed E-state index contributed by atoms with van der Waals surface area (Å²) >= 11 is 0. The average Bonchev–Trinajstić information content (AvgIpc) is 1.95. The third kappa shape index (κ3) is 2.99. The maximum Gasteiger partial charge on any atom is 0.328 e. The fourth-order valence-corrected chi connectivity index (χ4v) is 2.07. The lowest BCUT2D eigenvalue weighted by atomic mass is 10.4. The van der Waals surface area contributed by atoms with Crippen LogP contribution < -0.4 is 0 Å². The number of rotatable bonds is 4. The standard InChI is InChI=1S/C5H8O8S2/c1-5(14(8,9)10,15(11,12)13)3-2-4(6)7/h2-3H,1H3,(H,6,7)(H,8,9,10)(H,11,12,13). The fraction of sp³-hybridized carbons (Fsp3) is 0.400. The Morgan fingerprint density at radius 2 is 1.47 bits per heavy atom. The molecule has 3 N–H and O–H groups in total. The molecule has 0 radical (unpaired) electrons. The minimum atomic E-state index is -5.21. The molecule has 0 amide bonds. The van der Waals surface area contributed by atoms with Crippen LogP contribution in [0.2, 0.25) is 0 Å². The summed E-state index contributed by atoms with van der Waals surface area (Å²) < 4.78 is 56.8. The van der Waals surface area contributed by atoms with Crippen LogP contribution in [-0.4, -0.2) is 41.1 Å². The summed E-state index contributed by atoms with van der Waals surface area (Å²) in [5.74, 6) is -1.63. The number of carboxylic acids is 1. The van der Waals surface area contributed by atoms with E-state index < -0.39 is 30.3 Å². The molecule has 0 saturated heterocycles. The smallest absolute Gasteiger partial charge is 0.328 e. The Morgan fingerprint density at radius 3 is 1.67 bits per heavy atom. The molecule has 0 aromatic rings. The molecule has 0 bridgehead atoms. The second-order valence-corrected chi connectivity index (χ2v) is 6.49. The third-order valence-corrected chi connectivity index (χ3v) is 5.14. The molecule has 0 unspecified atom stereocenters. The molecule has 0 aromatic carbocycles. The molecule has 0 aromatic heterocycles. The van der Waals surface area contributed by atoms with E-state index in [9.17, 15) is 21.6 Å². The van der Waals surface area contributed by atoms with E-state index in [4.69, 9.17) is 14.2 Å². The van der Waals surface area contributed by atoms with E-state index in [1.807, 2.05) is 0 Å². The van der Waals surface area contributed by atoms with E-state index in [0.717, 1.165) is 0 Å². The first-order chi connectivity index (χ1) is 6.42. The molecule has 0 atom stereocenters. The monoisotopic (exact) mass is 260 g/mol. The molecule has 0 aliphatic heterocycles. The summed E-state index contributed by atoms with van der Waals surface area (Å²) in [6.45, 7) is 0.442. The van der Waals surface area contributed by atoms with E-state index in [1.54, 1.807) is 0 Å². The van der Waals surface area contributed by atoms with Gasteiger partial charge in [0.25, 0.3) is 20.2 Å². The zero-order valence-corrected chi connectivity index (χ0v) is 8.99. The average molecular weight is 260 g/mol. The van der Waals surface area contributed by atoms with Gasteiger partial charge in [-0.1, -0.05) is 0 Å². The Hall–Kier alpha value is -0.970. The first-order valence-electron chi connectivity index (χ1n) is 3.28. The Labute approximate surface area is 85.7 Å². The first-order valence-corrected chi connectivity index (χ1v) is 6.16. The molecule has 0 fully saturated rings. The highest BCUT2D eigenvalue weighted by molar-refractivity contribution is 8.05. The first kappa shape index (κ1) is 14.0. The van der Waals surface area contributed by atoms with Crippen LogP contribution in [0.3, 0.4) is 0 Å². The summed E-state index contributed by atoms with van der Waals surface area (Å²) in [5.41, 5.74) is 0. The van der Waals surface area contributed by atoms with E-state index in [-0.39, 0.29) is 12.2 Å². The van der Waals surface area contributed by atoms with Crippen molar-refractivity contribution in [3.05, 3.63) is 12.2 Å². The molecule has 0 spiro atoms. The van der Waals surface area contributed by atoms with Gasteiger partial charge < -0.3 is 5.11 Å². The van der Waals surface area contributed by atoms with Crippen molar-refractivity contribution in [1.29, 1.82) is 0 Å². The molecule has 8 nitrogen and oxygen atoms in total. The molecule has 0 rings (SSSR count). The molecule has 15 heavy (non-hydrogen) atoms. The van der Waals surface area contributed by atoms with Crippen molar-refractivity contribution in [3.8, 4) is 0 Å². The number of hydrogen-bond donors (Lipinski definition) is 3. The van der Waals surface area contributed by atoms with Crippen molar-refractivity contribution < 1.29 is 35.8 Å². The summed E-state index contributed by atoms with van der Waals surface area (Å²) in [6, 6.07) is 0.